The second-order valence-electron chi connectivity index (χ2n) is 4.78. The molecule has 1 fully saturated rings. The van der Waals surface area contributed by atoms with Gasteiger partial charge in [0, 0.05) is 25.2 Å². The summed E-state index contributed by atoms with van der Waals surface area (Å²) in [6.45, 7) is 7.35. The lowest BCUT2D eigenvalue weighted by Gasteiger charge is -2.28. The van der Waals surface area contributed by atoms with Crippen molar-refractivity contribution in [3.63, 3.8) is 0 Å². The summed E-state index contributed by atoms with van der Waals surface area (Å²) in [5.41, 5.74) is 4.50. The topological polar surface area (TPSA) is 53.1 Å². The Labute approximate surface area is 109 Å². The zero-order chi connectivity index (χ0) is 12.8. The maximum Gasteiger partial charge on any atom is 0.148 e. The highest BCUT2D eigenvalue weighted by atomic mass is 15.5. The van der Waals surface area contributed by atoms with Crippen LogP contribution in [0.1, 0.15) is 38.2 Å². The van der Waals surface area contributed by atoms with E-state index in [2.05, 4.69) is 39.6 Å². The van der Waals surface area contributed by atoms with E-state index >= 15 is 0 Å². The Morgan fingerprint density at radius 1 is 1.17 bits per heavy atom. The summed E-state index contributed by atoms with van der Waals surface area (Å²) < 4.78 is 0. The number of anilines is 2. The minimum Gasteiger partial charge on any atom is -0.370 e. The number of hydrazine groups is 1. The van der Waals surface area contributed by atoms with Crippen molar-refractivity contribution >= 4 is 11.6 Å². The van der Waals surface area contributed by atoms with Gasteiger partial charge in [-0.3, -0.25) is 0 Å². The monoisotopic (exact) mass is 249 g/mol. The summed E-state index contributed by atoms with van der Waals surface area (Å²) in [6, 6.07) is 0. The number of aromatic nitrogens is 2. The van der Waals surface area contributed by atoms with Crippen LogP contribution in [0.5, 0.6) is 0 Å². The van der Waals surface area contributed by atoms with Gasteiger partial charge < -0.3 is 10.7 Å². The van der Waals surface area contributed by atoms with Crippen LogP contribution < -0.4 is 10.7 Å². The molecule has 0 saturated carbocycles. The molecule has 1 saturated heterocycles. The zero-order valence-electron chi connectivity index (χ0n) is 11.4. The summed E-state index contributed by atoms with van der Waals surface area (Å²) >= 11 is 0. The molecule has 0 aromatic carbocycles. The number of nitrogens with zero attached hydrogens (tertiary/aromatic N) is 3. The van der Waals surface area contributed by atoms with Crippen molar-refractivity contribution < 1.29 is 0 Å². The Morgan fingerprint density at radius 2 is 1.89 bits per heavy atom. The average molecular weight is 249 g/mol. The Kier molecular flexibility index (Phi) is 4.75. The Bertz CT molecular complexity index is 374. The number of rotatable bonds is 5. The van der Waals surface area contributed by atoms with Gasteiger partial charge in [0.25, 0.3) is 0 Å². The summed E-state index contributed by atoms with van der Waals surface area (Å²) in [7, 11) is 0. The average Bonchev–Trinajstić information content (AvgIpc) is 2.41. The van der Waals surface area contributed by atoms with Gasteiger partial charge >= 0.3 is 0 Å². The van der Waals surface area contributed by atoms with Crippen molar-refractivity contribution in [2.24, 2.45) is 0 Å². The van der Waals surface area contributed by atoms with Crippen molar-refractivity contribution in [1.29, 1.82) is 0 Å². The van der Waals surface area contributed by atoms with Gasteiger partial charge in [0.2, 0.25) is 0 Å². The molecule has 1 aliphatic heterocycles. The van der Waals surface area contributed by atoms with Gasteiger partial charge in [-0.05, 0) is 26.2 Å². The molecule has 0 bridgehead atoms. The first-order valence-electron chi connectivity index (χ1n) is 6.88. The normalized spacial score (nSPS) is 16.6. The Morgan fingerprint density at radius 3 is 2.61 bits per heavy atom. The van der Waals surface area contributed by atoms with E-state index in [0.29, 0.717) is 0 Å². The Hall–Kier alpha value is -1.36. The fourth-order valence-corrected chi connectivity index (χ4v) is 2.14. The third-order valence-electron chi connectivity index (χ3n) is 3.25. The molecule has 1 aromatic rings. The fourth-order valence-electron chi connectivity index (χ4n) is 2.14. The molecule has 0 amide bonds. The molecule has 1 aliphatic rings. The van der Waals surface area contributed by atoms with Crippen LogP contribution in [0, 0.1) is 6.92 Å². The smallest absolute Gasteiger partial charge is 0.148 e. The number of hydrogen-bond donors (Lipinski definition) is 2. The standard InChI is InChI=1S/C13H23N5/c1-3-7-14-12-11(2)13(16-10-15-12)17-18-8-5-4-6-9-18/h10H,3-9H2,1-2H3,(H2,14,15,16,17). The summed E-state index contributed by atoms with van der Waals surface area (Å²) in [5, 5.41) is 5.58. The molecule has 100 valence electrons. The van der Waals surface area contributed by atoms with Crippen LogP contribution in [-0.4, -0.2) is 34.6 Å². The van der Waals surface area contributed by atoms with Crippen molar-refractivity contribution in [1.82, 2.24) is 15.0 Å². The maximum absolute atomic E-state index is 4.34. The maximum atomic E-state index is 4.34. The largest absolute Gasteiger partial charge is 0.370 e. The van der Waals surface area contributed by atoms with Crippen molar-refractivity contribution in [2.75, 3.05) is 30.4 Å². The van der Waals surface area contributed by atoms with Gasteiger partial charge in [0.1, 0.15) is 18.0 Å². The lowest BCUT2D eigenvalue weighted by molar-refractivity contribution is 0.272. The SMILES string of the molecule is CCCNc1ncnc(NN2CCCCC2)c1C. The third-order valence-corrected chi connectivity index (χ3v) is 3.25. The highest BCUT2D eigenvalue weighted by Crippen LogP contribution is 2.19. The minimum absolute atomic E-state index is 0.922. The van der Waals surface area contributed by atoms with E-state index in [-0.39, 0.29) is 0 Å². The first-order chi connectivity index (χ1) is 8.81. The third kappa shape index (κ3) is 3.32. The van der Waals surface area contributed by atoms with Gasteiger partial charge in [-0.15, -0.1) is 0 Å². The zero-order valence-corrected chi connectivity index (χ0v) is 11.4. The number of nitrogens with one attached hydrogen (secondary N) is 2. The molecule has 5 heteroatoms. The van der Waals surface area contributed by atoms with Crippen LogP contribution >= 0.6 is 0 Å². The van der Waals surface area contributed by atoms with Crippen LogP contribution in [0.2, 0.25) is 0 Å². The molecule has 0 spiro atoms. The second kappa shape index (κ2) is 6.54. The van der Waals surface area contributed by atoms with E-state index in [1.165, 1.54) is 19.3 Å². The molecule has 2 heterocycles. The van der Waals surface area contributed by atoms with Gasteiger partial charge in [-0.1, -0.05) is 13.3 Å². The highest BCUT2D eigenvalue weighted by molar-refractivity contribution is 5.55. The van der Waals surface area contributed by atoms with Crippen molar-refractivity contribution in [3.05, 3.63) is 11.9 Å². The molecule has 0 unspecified atom stereocenters. The summed E-state index contributed by atoms with van der Waals surface area (Å²) in [5.74, 6) is 1.86. The molecule has 1 aromatic heterocycles. The van der Waals surface area contributed by atoms with Crippen LogP contribution in [0.25, 0.3) is 0 Å². The van der Waals surface area contributed by atoms with Crippen LogP contribution in [0.15, 0.2) is 6.33 Å². The van der Waals surface area contributed by atoms with E-state index < -0.39 is 0 Å². The van der Waals surface area contributed by atoms with E-state index in [1.54, 1.807) is 6.33 Å². The summed E-state index contributed by atoms with van der Waals surface area (Å²) in [6.07, 6.45) is 6.58. The van der Waals surface area contributed by atoms with E-state index in [1.807, 2.05) is 0 Å². The van der Waals surface area contributed by atoms with E-state index in [0.717, 1.165) is 43.3 Å². The lowest BCUT2D eigenvalue weighted by Crippen LogP contribution is -2.35. The highest BCUT2D eigenvalue weighted by Gasteiger charge is 2.13. The van der Waals surface area contributed by atoms with Crippen LogP contribution in [0.3, 0.4) is 0 Å². The van der Waals surface area contributed by atoms with Crippen LogP contribution in [0.4, 0.5) is 11.6 Å². The lowest BCUT2D eigenvalue weighted by atomic mass is 10.2. The summed E-state index contributed by atoms with van der Waals surface area (Å²) in [4.78, 5) is 8.63. The molecule has 2 N–H and O–H groups in total. The quantitative estimate of drug-likeness (QED) is 0.839. The van der Waals surface area contributed by atoms with E-state index in [9.17, 15) is 0 Å². The molecule has 5 nitrogen and oxygen atoms in total. The van der Waals surface area contributed by atoms with Crippen molar-refractivity contribution in [3.8, 4) is 0 Å². The first kappa shape index (κ1) is 13.1. The van der Waals surface area contributed by atoms with Gasteiger partial charge in [-0.2, -0.15) is 0 Å². The predicted octanol–water partition coefficient (Wildman–Crippen LogP) is 2.42. The number of piperidine rings is 1. The fraction of sp³-hybridized carbons (Fsp3) is 0.692. The molecule has 2 rings (SSSR count). The van der Waals surface area contributed by atoms with Gasteiger partial charge in [-0.25, -0.2) is 15.0 Å². The van der Waals surface area contributed by atoms with Gasteiger partial charge in [0.15, 0.2) is 0 Å². The van der Waals surface area contributed by atoms with Crippen LogP contribution in [-0.2, 0) is 0 Å². The first-order valence-corrected chi connectivity index (χ1v) is 6.88. The molecule has 0 aliphatic carbocycles. The Balaban J connectivity index is 2.02. The number of hydrogen-bond acceptors (Lipinski definition) is 5. The predicted molar refractivity (Wildman–Crippen MR) is 74.6 cm³/mol. The van der Waals surface area contributed by atoms with Gasteiger partial charge in [0.05, 0.1) is 0 Å². The van der Waals surface area contributed by atoms with Crippen molar-refractivity contribution in [2.45, 2.75) is 39.5 Å². The second-order valence-corrected chi connectivity index (χ2v) is 4.78. The molecular formula is C13H23N5. The molecular weight excluding hydrogens is 226 g/mol. The van der Waals surface area contributed by atoms with E-state index in [4.69, 9.17) is 0 Å². The minimum atomic E-state index is 0.922. The molecule has 18 heavy (non-hydrogen) atoms. The molecule has 0 atom stereocenters. The molecule has 0 radical (unpaired) electrons.